The molecule has 0 bridgehead atoms. The van der Waals surface area contributed by atoms with Gasteiger partial charge in [0.05, 0.1) is 10.9 Å². The van der Waals surface area contributed by atoms with Gasteiger partial charge in [-0.25, -0.2) is 22.3 Å². The van der Waals surface area contributed by atoms with Crippen LogP contribution in [0.4, 0.5) is 19.6 Å². The number of pyridine rings is 1. The van der Waals surface area contributed by atoms with Crippen LogP contribution in [0.3, 0.4) is 0 Å². The number of alkyl halides is 1. The van der Waals surface area contributed by atoms with Gasteiger partial charge < -0.3 is 10.6 Å². The summed E-state index contributed by atoms with van der Waals surface area (Å²) in [6.07, 6.45) is 3.77. The highest BCUT2D eigenvalue weighted by atomic mass is 32.2. The Labute approximate surface area is 177 Å². The Morgan fingerprint density at radius 2 is 1.97 bits per heavy atom. The Balaban J connectivity index is 0.00000320. The van der Waals surface area contributed by atoms with E-state index in [0.717, 1.165) is 12.0 Å². The van der Waals surface area contributed by atoms with Gasteiger partial charge in [0, 0.05) is 27.5 Å². The molecule has 0 saturated heterocycles. The van der Waals surface area contributed by atoms with Gasteiger partial charge in [0.25, 0.3) is 0 Å². The van der Waals surface area contributed by atoms with Gasteiger partial charge in [0.1, 0.15) is 6.17 Å². The van der Waals surface area contributed by atoms with Crippen molar-refractivity contribution in [3.63, 3.8) is 0 Å². The van der Waals surface area contributed by atoms with E-state index in [1.807, 2.05) is 13.0 Å². The van der Waals surface area contributed by atoms with Crippen molar-refractivity contribution in [3.05, 3.63) is 54.4 Å². The zero-order valence-corrected chi connectivity index (χ0v) is 17.4. The number of hydrogen-bond donors (Lipinski definition) is 3. The Morgan fingerprint density at radius 1 is 1.23 bits per heavy atom. The SMILES string of the molecule is CC1CCC(NS(=O)(=O)c2ccc(NC(=O)NCc3cccnc3)cc2)C(F)C1.F.[HH].[HH]. The Kier molecular flexibility index (Phi) is 8.24. The molecule has 0 spiro atoms. The maximum Gasteiger partial charge on any atom is 0.319 e. The minimum absolute atomic E-state index is 0. The highest BCUT2D eigenvalue weighted by Crippen LogP contribution is 2.27. The quantitative estimate of drug-likeness (QED) is 0.630. The molecule has 10 heteroatoms. The number of carbonyl (C=O) groups excluding carboxylic acids is 1. The smallest absolute Gasteiger partial charge is 0.319 e. The second-order valence-electron chi connectivity index (χ2n) is 7.36. The summed E-state index contributed by atoms with van der Waals surface area (Å²) < 4.78 is 41.7. The summed E-state index contributed by atoms with van der Waals surface area (Å²) in [6.45, 7) is 2.29. The van der Waals surface area contributed by atoms with Crippen molar-refractivity contribution in [2.45, 2.75) is 49.8 Å². The van der Waals surface area contributed by atoms with Gasteiger partial charge >= 0.3 is 6.03 Å². The van der Waals surface area contributed by atoms with E-state index >= 15 is 0 Å². The molecule has 0 aliphatic heterocycles. The lowest BCUT2D eigenvalue weighted by Crippen LogP contribution is -2.44. The highest BCUT2D eigenvalue weighted by Gasteiger charge is 2.32. The first kappa shape index (κ1) is 23.7. The number of urea groups is 1. The van der Waals surface area contributed by atoms with Gasteiger partial charge in [-0.2, -0.15) is 0 Å². The molecule has 2 amide bonds. The van der Waals surface area contributed by atoms with Crippen LogP contribution in [0.25, 0.3) is 0 Å². The molecule has 3 N–H and O–H groups in total. The number of carbonyl (C=O) groups is 1. The molecule has 168 valence electrons. The van der Waals surface area contributed by atoms with Crippen LogP contribution in [0, 0.1) is 5.92 Å². The summed E-state index contributed by atoms with van der Waals surface area (Å²) in [5.41, 5.74) is 1.31. The van der Waals surface area contributed by atoms with Crippen molar-refractivity contribution in [3.8, 4) is 0 Å². The Hall–Kier alpha value is -2.59. The molecule has 1 heterocycles. The van der Waals surface area contributed by atoms with Crippen LogP contribution in [0.15, 0.2) is 53.7 Å². The van der Waals surface area contributed by atoms with E-state index in [0.29, 0.717) is 25.1 Å². The number of nitrogens with zero attached hydrogens (tertiary/aromatic N) is 1. The number of halogens is 2. The number of benzene rings is 1. The Bertz CT molecular complexity index is 938. The van der Waals surface area contributed by atoms with Crippen molar-refractivity contribution >= 4 is 21.7 Å². The third-order valence-electron chi connectivity index (χ3n) is 4.94. The predicted octanol–water partition coefficient (Wildman–Crippen LogP) is 3.85. The van der Waals surface area contributed by atoms with Gasteiger partial charge in [0.2, 0.25) is 10.0 Å². The van der Waals surface area contributed by atoms with Crippen LogP contribution in [0.2, 0.25) is 0 Å². The maximum absolute atomic E-state index is 14.2. The number of amides is 2. The second kappa shape index (κ2) is 10.4. The molecule has 2 aromatic rings. The normalized spacial score (nSPS) is 21.3. The molecule has 3 unspecified atom stereocenters. The molecule has 1 aromatic heterocycles. The molecule has 1 saturated carbocycles. The standard InChI is InChI=1S/C20H25FN4O3S.FH.2H2/c1-14-4-9-19(18(21)11-14)25-29(27,28)17-7-5-16(6-8-17)24-20(26)23-13-15-3-2-10-22-12-15;;;/h2-3,5-8,10,12,14,18-19,25H,4,9,11,13H2,1H3,(H2,23,24,26);3*1H. The number of sulfonamides is 1. The number of aromatic nitrogens is 1. The maximum atomic E-state index is 14.2. The summed E-state index contributed by atoms with van der Waals surface area (Å²) in [5.74, 6) is 0.264. The zero-order valence-electron chi connectivity index (χ0n) is 16.5. The van der Waals surface area contributed by atoms with Crippen molar-refractivity contribution in [2.75, 3.05) is 5.32 Å². The minimum Gasteiger partial charge on any atom is -0.334 e. The molecule has 3 rings (SSSR count). The second-order valence-corrected chi connectivity index (χ2v) is 9.07. The molecule has 1 fully saturated rings. The summed E-state index contributed by atoms with van der Waals surface area (Å²) >= 11 is 0. The van der Waals surface area contributed by atoms with E-state index in [2.05, 4.69) is 20.3 Å². The van der Waals surface area contributed by atoms with Crippen molar-refractivity contribution in [1.29, 1.82) is 0 Å². The molecule has 0 radical (unpaired) electrons. The largest absolute Gasteiger partial charge is 0.334 e. The van der Waals surface area contributed by atoms with Crippen molar-refractivity contribution in [1.82, 2.24) is 15.0 Å². The number of nitrogens with one attached hydrogen (secondary N) is 3. The predicted molar refractivity (Wildman–Crippen MR) is 115 cm³/mol. The topological polar surface area (TPSA) is 100 Å². The minimum atomic E-state index is -3.83. The van der Waals surface area contributed by atoms with Gasteiger partial charge in [-0.05, 0) is 61.1 Å². The van der Waals surface area contributed by atoms with Crippen LogP contribution in [0.1, 0.15) is 34.6 Å². The van der Waals surface area contributed by atoms with E-state index in [9.17, 15) is 17.6 Å². The number of hydrogen-bond acceptors (Lipinski definition) is 4. The average molecular weight is 445 g/mol. The van der Waals surface area contributed by atoms with E-state index in [1.165, 1.54) is 24.3 Å². The third kappa shape index (κ3) is 6.46. The van der Waals surface area contributed by atoms with E-state index < -0.39 is 28.3 Å². The molecule has 1 aliphatic carbocycles. The summed E-state index contributed by atoms with van der Waals surface area (Å²) in [6, 6.07) is 8.26. The van der Waals surface area contributed by atoms with Crippen LogP contribution in [-0.4, -0.2) is 31.6 Å². The zero-order chi connectivity index (χ0) is 20.9. The number of anilines is 1. The summed E-state index contributed by atoms with van der Waals surface area (Å²) in [7, 11) is -3.83. The van der Waals surface area contributed by atoms with Gasteiger partial charge in [0.15, 0.2) is 0 Å². The van der Waals surface area contributed by atoms with Crippen LogP contribution in [0.5, 0.6) is 0 Å². The fourth-order valence-corrected chi connectivity index (χ4v) is 4.58. The Morgan fingerprint density at radius 3 is 2.60 bits per heavy atom. The molecule has 7 nitrogen and oxygen atoms in total. The first-order valence-electron chi connectivity index (χ1n) is 9.54. The van der Waals surface area contributed by atoms with E-state index in [1.54, 1.807) is 18.5 Å². The molecule has 1 aromatic carbocycles. The lowest BCUT2D eigenvalue weighted by Gasteiger charge is -2.30. The molecule has 30 heavy (non-hydrogen) atoms. The fraction of sp³-hybridized carbons (Fsp3) is 0.400. The van der Waals surface area contributed by atoms with Crippen LogP contribution >= 0.6 is 0 Å². The van der Waals surface area contributed by atoms with Crippen LogP contribution < -0.4 is 15.4 Å². The molecule has 3 atom stereocenters. The van der Waals surface area contributed by atoms with E-state index in [4.69, 9.17) is 0 Å². The van der Waals surface area contributed by atoms with Gasteiger partial charge in [-0.3, -0.25) is 9.69 Å². The van der Waals surface area contributed by atoms with Gasteiger partial charge in [-0.15, -0.1) is 0 Å². The monoisotopic (exact) mass is 444 g/mol. The lowest BCUT2D eigenvalue weighted by atomic mass is 9.86. The van der Waals surface area contributed by atoms with Crippen LogP contribution in [-0.2, 0) is 16.6 Å². The fourth-order valence-electron chi connectivity index (χ4n) is 3.29. The average Bonchev–Trinajstić information content (AvgIpc) is 2.70. The molecule has 1 aliphatic rings. The first-order chi connectivity index (χ1) is 13.8. The third-order valence-corrected chi connectivity index (χ3v) is 6.45. The van der Waals surface area contributed by atoms with Crippen molar-refractivity contribution in [2.24, 2.45) is 5.92 Å². The summed E-state index contributed by atoms with van der Waals surface area (Å²) in [4.78, 5) is 16.0. The van der Waals surface area contributed by atoms with E-state index in [-0.39, 0.29) is 18.4 Å². The molecular formula is C20H30F2N4O3S. The first-order valence-corrected chi connectivity index (χ1v) is 11.0. The molecular weight excluding hydrogens is 414 g/mol. The number of rotatable bonds is 6. The lowest BCUT2D eigenvalue weighted by molar-refractivity contribution is 0.170. The summed E-state index contributed by atoms with van der Waals surface area (Å²) in [5, 5.41) is 5.33. The highest BCUT2D eigenvalue weighted by molar-refractivity contribution is 7.89. The van der Waals surface area contributed by atoms with Gasteiger partial charge in [-0.1, -0.05) is 13.0 Å². The van der Waals surface area contributed by atoms with Crippen molar-refractivity contribution < 1.29 is 25.2 Å².